The number of aromatic nitrogens is 5. The van der Waals surface area contributed by atoms with Crippen molar-refractivity contribution in [1.29, 1.82) is 0 Å². The van der Waals surface area contributed by atoms with Crippen molar-refractivity contribution in [3.8, 4) is 22.7 Å². The molecule has 0 aliphatic carbocycles. The Morgan fingerprint density at radius 1 is 1.00 bits per heavy atom. The summed E-state index contributed by atoms with van der Waals surface area (Å²) in [7, 11) is 0. The number of nitrogens with one attached hydrogen (secondary N) is 1. The molecule has 0 saturated carbocycles. The zero-order valence-electron chi connectivity index (χ0n) is 20.5. The average molecular weight is 491 g/mol. The van der Waals surface area contributed by atoms with E-state index in [-0.39, 0.29) is 5.92 Å². The molecule has 6 aromatic rings. The topological polar surface area (TPSA) is 96.9 Å². The quantitative estimate of drug-likeness (QED) is 0.311. The van der Waals surface area contributed by atoms with Crippen LogP contribution in [0.4, 0.5) is 0 Å². The molecule has 1 N–H and O–H groups in total. The molecule has 7 rings (SSSR count). The summed E-state index contributed by atoms with van der Waals surface area (Å²) < 4.78 is 12.3. The second-order valence-electron chi connectivity index (χ2n) is 9.79. The maximum Gasteiger partial charge on any atom is 0.247 e. The van der Waals surface area contributed by atoms with Gasteiger partial charge in [-0.1, -0.05) is 18.2 Å². The minimum Gasteiger partial charge on any atom is -0.460 e. The van der Waals surface area contributed by atoms with Crippen LogP contribution in [0.5, 0.6) is 0 Å². The first-order valence-electron chi connectivity index (χ1n) is 12.6. The second-order valence-corrected chi connectivity index (χ2v) is 9.79. The average Bonchev–Trinajstić information content (AvgIpc) is 3.66. The Bertz CT molecular complexity index is 1680. The lowest BCUT2D eigenvalue weighted by Crippen LogP contribution is -2.33. The van der Waals surface area contributed by atoms with Crippen molar-refractivity contribution >= 4 is 21.9 Å². The number of fused-ring (bicyclic) bond motifs is 2. The molecule has 0 spiro atoms. The summed E-state index contributed by atoms with van der Waals surface area (Å²) in [6, 6.07) is 20.4. The Balaban J connectivity index is 1.12. The van der Waals surface area contributed by atoms with Crippen LogP contribution < -0.4 is 0 Å². The molecule has 1 atom stereocenters. The zero-order valence-corrected chi connectivity index (χ0v) is 20.5. The highest BCUT2D eigenvalue weighted by molar-refractivity contribution is 5.95. The maximum atomic E-state index is 6.23. The number of benzene rings is 2. The molecule has 1 saturated heterocycles. The molecule has 1 fully saturated rings. The van der Waals surface area contributed by atoms with Gasteiger partial charge in [-0.3, -0.25) is 15.0 Å². The van der Waals surface area contributed by atoms with Crippen molar-refractivity contribution < 1.29 is 8.83 Å². The molecule has 8 nitrogen and oxygen atoms in total. The fourth-order valence-corrected chi connectivity index (χ4v) is 5.31. The monoisotopic (exact) mass is 490 g/mol. The molecule has 184 valence electrons. The fourth-order valence-electron chi connectivity index (χ4n) is 5.31. The zero-order chi connectivity index (χ0) is 24.8. The van der Waals surface area contributed by atoms with Crippen LogP contribution in [0.15, 0.2) is 75.7 Å². The summed E-state index contributed by atoms with van der Waals surface area (Å²) in [5.74, 6) is 2.42. The number of hydrogen-bond acceptors (Lipinski definition) is 7. The van der Waals surface area contributed by atoms with Crippen LogP contribution in [0.2, 0.25) is 0 Å². The van der Waals surface area contributed by atoms with Gasteiger partial charge in [0, 0.05) is 40.3 Å². The number of H-pyrrole nitrogens is 1. The number of aromatic amines is 1. The van der Waals surface area contributed by atoms with Gasteiger partial charge in [-0.05, 0) is 68.8 Å². The molecule has 8 heteroatoms. The standard InChI is InChI=1S/C29H26N6O2/c1-18-13-20(10-11-30-18)27-24-15-21(8-9-25(24)31-32-27)28-33-34-29(37-28)22-6-4-12-35(16-22)17-23-14-19-5-2-3-7-26(19)36-23/h2-3,5,7-11,13-15,22H,4,6,12,16-17H2,1H3,(H,31,32)/t22-/m1/s1. The summed E-state index contributed by atoms with van der Waals surface area (Å²) in [5.41, 5.74) is 5.64. The van der Waals surface area contributed by atoms with E-state index < -0.39 is 0 Å². The number of piperidine rings is 1. The first-order chi connectivity index (χ1) is 18.2. The van der Waals surface area contributed by atoms with Crippen LogP contribution >= 0.6 is 0 Å². The molecule has 5 heterocycles. The van der Waals surface area contributed by atoms with Crippen LogP contribution in [0.1, 0.15) is 36.1 Å². The minimum atomic E-state index is 0.201. The summed E-state index contributed by atoms with van der Waals surface area (Å²) in [6.07, 6.45) is 3.92. The van der Waals surface area contributed by atoms with E-state index in [4.69, 9.17) is 8.83 Å². The van der Waals surface area contributed by atoms with Gasteiger partial charge in [-0.2, -0.15) is 5.10 Å². The number of aryl methyl sites for hydroxylation is 1. The molecular weight excluding hydrogens is 464 g/mol. The molecule has 0 unspecified atom stereocenters. The first-order valence-corrected chi connectivity index (χ1v) is 12.6. The summed E-state index contributed by atoms with van der Waals surface area (Å²) in [4.78, 5) is 6.71. The van der Waals surface area contributed by atoms with Gasteiger partial charge in [0.15, 0.2) is 0 Å². The molecule has 1 aliphatic rings. The van der Waals surface area contributed by atoms with Crippen molar-refractivity contribution in [2.45, 2.75) is 32.2 Å². The van der Waals surface area contributed by atoms with E-state index in [9.17, 15) is 0 Å². The number of rotatable bonds is 5. The number of nitrogens with zero attached hydrogens (tertiary/aromatic N) is 5. The van der Waals surface area contributed by atoms with Gasteiger partial charge < -0.3 is 8.83 Å². The van der Waals surface area contributed by atoms with Crippen LogP contribution in [0, 0.1) is 6.92 Å². The van der Waals surface area contributed by atoms with E-state index in [1.165, 1.54) is 0 Å². The normalized spacial score (nSPS) is 16.6. The molecule has 4 aromatic heterocycles. The number of para-hydroxylation sites is 1. The van der Waals surface area contributed by atoms with E-state index in [1.54, 1.807) is 6.20 Å². The van der Waals surface area contributed by atoms with Crippen molar-refractivity contribution in [2.24, 2.45) is 0 Å². The van der Waals surface area contributed by atoms with Gasteiger partial charge in [0.05, 0.1) is 18.0 Å². The van der Waals surface area contributed by atoms with Gasteiger partial charge in [0.2, 0.25) is 11.8 Å². The Labute approximate surface area is 213 Å². The Hall–Kier alpha value is -4.30. The lowest BCUT2D eigenvalue weighted by atomic mass is 9.98. The van der Waals surface area contributed by atoms with Crippen molar-refractivity contribution in [2.75, 3.05) is 13.1 Å². The van der Waals surface area contributed by atoms with Crippen LogP contribution in [0.25, 0.3) is 44.6 Å². The molecule has 0 amide bonds. The van der Waals surface area contributed by atoms with E-state index in [2.05, 4.69) is 48.5 Å². The van der Waals surface area contributed by atoms with Gasteiger partial charge >= 0.3 is 0 Å². The van der Waals surface area contributed by atoms with Crippen LogP contribution in [0.3, 0.4) is 0 Å². The summed E-state index contributed by atoms with van der Waals surface area (Å²) in [6.45, 7) is 4.65. The lowest BCUT2D eigenvalue weighted by Gasteiger charge is -2.30. The molecule has 0 radical (unpaired) electrons. The number of furan rings is 1. The van der Waals surface area contributed by atoms with E-state index in [0.29, 0.717) is 11.8 Å². The SMILES string of the molecule is Cc1cc(-c2n[nH]c3ccc(-c4nnc([C@@H]5CCCN(Cc6cc7ccccc7o6)C5)o4)cc23)ccn1. The Morgan fingerprint density at radius 2 is 1.95 bits per heavy atom. The van der Waals surface area contributed by atoms with Gasteiger partial charge in [-0.15, -0.1) is 10.2 Å². The Morgan fingerprint density at radius 3 is 2.86 bits per heavy atom. The van der Waals surface area contributed by atoms with E-state index >= 15 is 0 Å². The molecule has 0 bridgehead atoms. The third-order valence-electron chi connectivity index (χ3n) is 7.13. The molecule has 1 aliphatic heterocycles. The van der Waals surface area contributed by atoms with Crippen molar-refractivity contribution in [3.63, 3.8) is 0 Å². The van der Waals surface area contributed by atoms with E-state index in [1.807, 2.05) is 49.4 Å². The van der Waals surface area contributed by atoms with Crippen molar-refractivity contribution in [3.05, 3.63) is 84.2 Å². The lowest BCUT2D eigenvalue weighted by molar-refractivity contribution is 0.176. The summed E-state index contributed by atoms with van der Waals surface area (Å²) >= 11 is 0. The van der Waals surface area contributed by atoms with Gasteiger partial charge in [0.1, 0.15) is 17.0 Å². The highest BCUT2D eigenvalue weighted by atomic mass is 16.4. The van der Waals surface area contributed by atoms with Gasteiger partial charge in [-0.25, -0.2) is 0 Å². The predicted molar refractivity (Wildman–Crippen MR) is 141 cm³/mol. The fraction of sp³-hybridized carbons (Fsp3) is 0.241. The molecular formula is C29H26N6O2. The Kier molecular flexibility index (Phi) is 5.32. The maximum absolute atomic E-state index is 6.23. The highest BCUT2D eigenvalue weighted by Crippen LogP contribution is 2.33. The van der Waals surface area contributed by atoms with E-state index in [0.717, 1.165) is 82.6 Å². The minimum absolute atomic E-state index is 0.201. The molecule has 37 heavy (non-hydrogen) atoms. The second kappa shape index (κ2) is 8.97. The smallest absolute Gasteiger partial charge is 0.247 e. The predicted octanol–water partition coefficient (Wildman–Crippen LogP) is 6.11. The number of pyridine rings is 1. The largest absolute Gasteiger partial charge is 0.460 e. The third-order valence-corrected chi connectivity index (χ3v) is 7.13. The van der Waals surface area contributed by atoms with Crippen LogP contribution in [-0.2, 0) is 6.54 Å². The van der Waals surface area contributed by atoms with Gasteiger partial charge in [0.25, 0.3) is 0 Å². The van der Waals surface area contributed by atoms with Crippen LogP contribution in [-0.4, -0.2) is 43.4 Å². The van der Waals surface area contributed by atoms with Crippen molar-refractivity contribution in [1.82, 2.24) is 30.3 Å². The number of hydrogen-bond donors (Lipinski definition) is 1. The first kappa shape index (κ1) is 21.9. The highest BCUT2D eigenvalue weighted by Gasteiger charge is 2.27. The summed E-state index contributed by atoms with van der Waals surface area (Å²) in [5, 5.41) is 18.7. The number of likely N-dealkylation sites (tertiary alicyclic amines) is 1. The third kappa shape index (κ3) is 4.19. The molecule has 2 aromatic carbocycles.